The summed E-state index contributed by atoms with van der Waals surface area (Å²) in [5.41, 5.74) is 0.851. The Hall–Kier alpha value is -1.82. The largest absolute Gasteiger partial charge is 0.326 e. The Morgan fingerprint density at radius 3 is 2.65 bits per heavy atom. The van der Waals surface area contributed by atoms with E-state index in [1.807, 2.05) is 35.9 Å². The number of hydrogen-bond acceptors (Lipinski definition) is 4. The predicted octanol–water partition coefficient (Wildman–Crippen LogP) is 2.70. The van der Waals surface area contributed by atoms with Crippen LogP contribution in [0.15, 0.2) is 40.6 Å². The first-order valence-corrected chi connectivity index (χ1v) is 7.47. The molecule has 104 valence electrons. The Morgan fingerprint density at radius 2 is 2.10 bits per heavy atom. The molecule has 0 spiro atoms. The van der Waals surface area contributed by atoms with Crippen molar-refractivity contribution in [2.24, 2.45) is 13.0 Å². The second-order valence-corrected chi connectivity index (χ2v) is 6.01. The summed E-state index contributed by atoms with van der Waals surface area (Å²) in [6.07, 6.45) is 4.89. The number of benzene rings is 1. The fraction of sp³-hybridized carbons (Fsp3) is 0.357. The van der Waals surface area contributed by atoms with Gasteiger partial charge in [-0.2, -0.15) is 0 Å². The van der Waals surface area contributed by atoms with Gasteiger partial charge in [-0.25, -0.2) is 0 Å². The number of aryl methyl sites for hydroxylation is 1. The minimum absolute atomic E-state index is 0.143. The summed E-state index contributed by atoms with van der Waals surface area (Å²) in [7, 11) is 1.91. The molecule has 6 heteroatoms. The van der Waals surface area contributed by atoms with Crippen LogP contribution in [-0.2, 0) is 11.8 Å². The molecule has 1 aliphatic carbocycles. The molecule has 0 atom stereocenters. The maximum atomic E-state index is 11.8. The highest BCUT2D eigenvalue weighted by Crippen LogP contribution is 2.29. The second kappa shape index (κ2) is 5.66. The third kappa shape index (κ3) is 2.85. The van der Waals surface area contributed by atoms with Crippen LogP contribution in [0.1, 0.15) is 19.3 Å². The SMILES string of the molecule is Cn1cnnc1Sc1ccc(NC(=O)C2CCC2)cc1. The predicted molar refractivity (Wildman–Crippen MR) is 77.5 cm³/mol. The molecular formula is C14H16N4OS. The number of hydrogen-bond donors (Lipinski definition) is 1. The molecule has 3 rings (SSSR count). The van der Waals surface area contributed by atoms with Crippen LogP contribution in [0, 0.1) is 5.92 Å². The van der Waals surface area contributed by atoms with Gasteiger partial charge in [-0.3, -0.25) is 4.79 Å². The van der Waals surface area contributed by atoms with Gasteiger partial charge >= 0.3 is 0 Å². The molecule has 1 fully saturated rings. The lowest BCUT2D eigenvalue weighted by Gasteiger charge is -2.24. The fourth-order valence-electron chi connectivity index (χ4n) is 1.99. The molecular weight excluding hydrogens is 272 g/mol. The summed E-state index contributed by atoms with van der Waals surface area (Å²) in [5.74, 6) is 0.354. The molecule has 0 bridgehead atoms. The van der Waals surface area contributed by atoms with Crippen molar-refractivity contribution in [3.8, 4) is 0 Å². The highest BCUT2D eigenvalue weighted by atomic mass is 32.2. The minimum atomic E-state index is 0.143. The lowest BCUT2D eigenvalue weighted by atomic mass is 9.85. The quantitative estimate of drug-likeness (QED) is 0.939. The molecule has 0 aliphatic heterocycles. The zero-order valence-corrected chi connectivity index (χ0v) is 12.1. The molecule has 1 saturated carbocycles. The first-order valence-electron chi connectivity index (χ1n) is 6.65. The minimum Gasteiger partial charge on any atom is -0.326 e. The van der Waals surface area contributed by atoms with Crippen molar-refractivity contribution in [3.63, 3.8) is 0 Å². The maximum Gasteiger partial charge on any atom is 0.227 e. The van der Waals surface area contributed by atoms with E-state index in [4.69, 9.17) is 0 Å². The average molecular weight is 288 g/mol. The van der Waals surface area contributed by atoms with Crippen molar-refractivity contribution >= 4 is 23.4 Å². The summed E-state index contributed by atoms with van der Waals surface area (Å²) in [6, 6.07) is 7.82. The Balaban J connectivity index is 1.62. The zero-order valence-electron chi connectivity index (χ0n) is 11.2. The molecule has 2 aromatic rings. The molecule has 1 heterocycles. The summed E-state index contributed by atoms with van der Waals surface area (Å²) in [6.45, 7) is 0. The smallest absolute Gasteiger partial charge is 0.227 e. The lowest BCUT2D eigenvalue weighted by molar-refractivity contribution is -0.122. The van der Waals surface area contributed by atoms with E-state index < -0.39 is 0 Å². The van der Waals surface area contributed by atoms with Crippen molar-refractivity contribution in [2.45, 2.75) is 29.3 Å². The number of rotatable bonds is 4. The van der Waals surface area contributed by atoms with Crippen LogP contribution in [0.5, 0.6) is 0 Å². The second-order valence-electron chi connectivity index (χ2n) is 4.97. The van der Waals surface area contributed by atoms with Crippen LogP contribution in [0.25, 0.3) is 0 Å². The fourth-order valence-corrected chi connectivity index (χ4v) is 2.75. The van der Waals surface area contributed by atoms with Crippen LogP contribution >= 0.6 is 11.8 Å². The van der Waals surface area contributed by atoms with Crippen molar-refractivity contribution in [1.82, 2.24) is 14.8 Å². The molecule has 1 amide bonds. The first kappa shape index (κ1) is 13.2. The van der Waals surface area contributed by atoms with Gasteiger partial charge in [0.15, 0.2) is 5.16 Å². The summed E-state index contributed by atoms with van der Waals surface area (Å²) < 4.78 is 1.87. The van der Waals surface area contributed by atoms with Crippen LogP contribution in [0.4, 0.5) is 5.69 Å². The Bertz CT molecular complexity index is 604. The molecule has 1 aliphatic rings. The van der Waals surface area contributed by atoms with E-state index in [-0.39, 0.29) is 11.8 Å². The Kier molecular flexibility index (Phi) is 3.73. The molecule has 0 radical (unpaired) electrons. The highest BCUT2D eigenvalue weighted by molar-refractivity contribution is 7.99. The zero-order chi connectivity index (χ0) is 13.9. The van der Waals surface area contributed by atoms with Gasteiger partial charge in [-0.05, 0) is 48.9 Å². The molecule has 20 heavy (non-hydrogen) atoms. The molecule has 0 saturated heterocycles. The van der Waals surface area contributed by atoms with Crippen LogP contribution in [0.3, 0.4) is 0 Å². The van der Waals surface area contributed by atoms with Crippen molar-refractivity contribution in [1.29, 1.82) is 0 Å². The molecule has 1 aromatic heterocycles. The summed E-state index contributed by atoms with van der Waals surface area (Å²) in [5, 5.41) is 11.7. The average Bonchev–Trinajstić information content (AvgIpc) is 2.75. The van der Waals surface area contributed by atoms with E-state index in [9.17, 15) is 4.79 Å². The third-order valence-electron chi connectivity index (χ3n) is 3.48. The van der Waals surface area contributed by atoms with Crippen molar-refractivity contribution in [3.05, 3.63) is 30.6 Å². The van der Waals surface area contributed by atoms with Crippen LogP contribution < -0.4 is 5.32 Å². The normalized spacial score (nSPS) is 14.8. The van der Waals surface area contributed by atoms with E-state index >= 15 is 0 Å². The number of nitrogens with zero attached hydrogens (tertiary/aromatic N) is 3. The van der Waals surface area contributed by atoms with Gasteiger partial charge in [0, 0.05) is 23.5 Å². The van der Waals surface area contributed by atoms with E-state index in [1.165, 1.54) is 6.42 Å². The van der Waals surface area contributed by atoms with Gasteiger partial charge in [-0.1, -0.05) is 6.42 Å². The molecule has 1 aromatic carbocycles. The standard InChI is InChI=1S/C14H16N4OS/c1-18-9-15-17-14(18)20-12-7-5-11(6-8-12)16-13(19)10-3-2-4-10/h5-10H,2-4H2,1H3,(H,16,19). The summed E-state index contributed by atoms with van der Waals surface area (Å²) in [4.78, 5) is 12.9. The topological polar surface area (TPSA) is 59.8 Å². The number of carbonyl (C=O) groups is 1. The number of nitrogens with one attached hydrogen (secondary N) is 1. The Labute approximate surface area is 121 Å². The van der Waals surface area contributed by atoms with Crippen molar-refractivity contribution in [2.75, 3.05) is 5.32 Å². The lowest BCUT2D eigenvalue weighted by Crippen LogP contribution is -2.27. The van der Waals surface area contributed by atoms with Gasteiger partial charge in [0.25, 0.3) is 0 Å². The van der Waals surface area contributed by atoms with E-state index in [0.717, 1.165) is 28.6 Å². The Morgan fingerprint density at radius 1 is 1.35 bits per heavy atom. The van der Waals surface area contributed by atoms with Crippen LogP contribution in [-0.4, -0.2) is 20.7 Å². The van der Waals surface area contributed by atoms with E-state index in [2.05, 4.69) is 15.5 Å². The van der Waals surface area contributed by atoms with E-state index in [0.29, 0.717) is 0 Å². The highest BCUT2D eigenvalue weighted by Gasteiger charge is 2.24. The van der Waals surface area contributed by atoms with Gasteiger partial charge in [0.2, 0.25) is 5.91 Å². The van der Waals surface area contributed by atoms with Crippen LogP contribution in [0.2, 0.25) is 0 Å². The number of carbonyl (C=O) groups excluding carboxylic acids is 1. The van der Waals surface area contributed by atoms with E-state index in [1.54, 1.807) is 18.1 Å². The number of amides is 1. The number of aromatic nitrogens is 3. The summed E-state index contributed by atoms with van der Waals surface area (Å²) >= 11 is 1.55. The van der Waals surface area contributed by atoms with Gasteiger partial charge in [0.1, 0.15) is 6.33 Å². The van der Waals surface area contributed by atoms with Gasteiger partial charge < -0.3 is 9.88 Å². The van der Waals surface area contributed by atoms with Crippen molar-refractivity contribution < 1.29 is 4.79 Å². The maximum absolute atomic E-state index is 11.8. The third-order valence-corrected chi connectivity index (χ3v) is 4.54. The monoisotopic (exact) mass is 288 g/mol. The first-order chi connectivity index (χ1) is 9.72. The number of anilines is 1. The molecule has 0 unspecified atom stereocenters. The van der Waals surface area contributed by atoms with Gasteiger partial charge in [-0.15, -0.1) is 10.2 Å². The molecule has 5 nitrogen and oxygen atoms in total. The molecule has 1 N–H and O–H groups in total. The van der Waals surface area contributed by atoms with Gasteiger partial charge in [0.05, 0.1) is 0 Å².